The Morgan fingerprint density at radius 1 is 0.522 bits per heavy atom. The van der Waals surface area contributed by atoms with Gasteiger partial charge in [0.15, 0.2) is 55.7 Å². The van der Waals surface area contributed by atoms with Crippen LogP contribution < -0.4 is 87.4 Å². The standard InChI is InChI=1S/3C13H18N4O5.3ClH/c3*14-9-3-5-17(13(19)16-9)10-6-20-11(22-10)7-21-12(18)8-2-1-4-15-8;;;/h3*3,5,8,10-11,15H,1-2,4,6-7H2,(H2,14,16,19);3*1H/t2*8?,10-,11-;;;;/m10..../s1. The molecule has 9 atom stereocenters. The zero-order valence-corrected chi connectivity index (χ0v) is 39.4. The maximum absolute atomic E-state index is 11.8. The first-order valence-electron chi connectivity index (χ1n) is 21.7. The molecule has 5 unspecified atom stereocenters. The molecule has 0 amide bonds. The smallest absolute Gasteiger partial charge is 0.365 e. The Balaban J connectivity index is 0.000000221. The van der Waals surface area contributed by atoms with Crippen LogP contribution in [0.5, 0.6) is 0 Å². The molecule has 6 aliphatic rings. The first-order chi connectivity index (χ1) is 31.9. The lowest BCUT2D eigenvalue weighted by atomic mass is 10.2. The van der Waals surface area contributed by atoms with E-state index in [1.54, 1.807) is 0 Å². The fourth-order valence-corrected chi connectivity index (χ4v) is 7.70. The minimum Gasteiger partial charge on any atom is -1.00 e. The molecule has 6 saturated heterocycles. The summed E-state index contributed by atoms with van der Waals surface area (Å²) in [4.78, 5) is 81.5. The molecule has 0 spiro atoms. The number of aromatic nitrogens is 6. The number of hydrogen-bond acceptors (Lipinski definition) is 21. The molecule has 0 radical (unpaired) electrons. The number of quaternary nitrogens is 3. The summed E-state index contributed by atoms with van der Waals surface area (Å²) in [5.41, 5.74) is 14.8. The van der Waals surface area contributed by atoms with E-state index in [4.69, 9.17) is 59.8 Å². The number of halogens is 3. The van der Waals surface area contributed by atoms with Gasteiger partial charge in [0.25, 0.3) is 0 Å². The van der Waals surface area contributed by atoms with E-state index in [1.807, 2.05) is 16.0 Å². The molecule has 6 aliphatic heterocycles. The van der Waals surface area contributed by atoms with E-state index < -0.39 is 54.6 Å². The lowest BCUT2D eigenvalue weighted by Gasteiger charge is -2.14. The number of rotatable bonds is 12. The second-order valence-corrected chi connectivity index (χ2v) is 15.9. The summed E-state index contributed by atoms with van der Waals surface area (Å²) in [6.45, 7) is 3.43. The van der Waals surface area contributed by atoms with Crippen molar-refractivity contribution in [2.75, 3.05) is 76.5 Å². The molecule has 384 valence electrons. The maximum Gasteiger partial charge on any atom is 0.365 e. The van der Waals surface area contributed by atoms with Crippen molar-refractivity contribution < 1.29 is 110 Å². The quantitative estimate of drug-likeness (QED) is 0.0724. The molecule has 69 heavy (non-hydrogen) atoms. The van der Waals surface area contributed by atoms with Crippen LogP contribution in [-0.2, 0) is 57.0 Å². The van der Waals surface area contributed by atoms with Gasteiger partial charge in [-0.1, -0.05) is 0 Å². The lowest BCUT2D eigenvalue weighted by Crippen LogP contribution is -3.00. The molecule has 9 rings (SSSR count). The Bertz CT molecular complexity index is 2060. The van der Waals surface area contributed by atoms with Crippen LogP contribution in [0.25, 0.3) is 0 Å². The third-order valence-corrected chi connectivity index (χ3v) is 11.2. The van der Waals surface area contributed by atoms with Crippen molar-refractivity contribution in [3.8, 4) is 0 Å². The molecule has 30 heteroatoms. The number of nitrogen functional groups attached to an aromatic ring is 3. The van der Waals surface area contributed by atoms with Crippen LogP contribution in [0.4, 0.5) is 17.5 Å². The van der Waals surface area contributed by atoms with Crippen LogP contribution in [0.3, 0.4) is 0 Å². The molecule has 0 aliphatic carbocycles. The van der Waals surface area contributed by atoms with Crippen LogP contribution in [-0.4, -0.2) is 143 Å². The summed E-state index contributed by atoms with van der Waals surface area (Å²) in [6.07, 6.45) is 6.23. The van der Waals surface area contributed by atoms with Crippen LogP contribution in [0, 0.1) is 0 Å². The Morgan fingerprint density at radius 3 is 1.03 bits per heavy atom. The van der Waals surface area contributed by atoms with Crippen molar-refractivity contribution in [2.24, 2.45) is 0 Å². The summed E-state index contributed by atoms with van der Waals surface area (Å²) in [5.74, 6) is -0.297. The van der Waals surface area contributed by atoms with Crippen molar-refractivity contribution in [1.29, 1.82) is 0 Å². The van der Waals surface area contributed by atoms with Crippen LogP contribution in [0.1, 0.15) is 57.2 Å². The highest BCUT2D eigenvalue weighted by Crippen LogP contribution is 2.22. The first-order valence-corrected chi connectivity index (χ1v) is 21.7. The van der Waals surface area contributed by atoms with Gasteiger partial charge in [-0.05, 0) is 18.2 Å². The summed E-state index contributed by atoms with van der Waals surface area (Å²) in [7, 11) is 0. The average Bonchev–Trinajstić information content (AvgIpc) is 4.15. The third-order valence-electron chi connectivity index (χ3n) is 11.2. The number of carbonyl (C=O) groups is 3. The van der Waals surface area contributed by atoms with Gasteiger partial charge in [0.2, 0.25) is 0 Å². The molecule has 6 fully saturated rings. The topological polar surface area (TPSA) is 367 Å². The first kappa shape index (κ1) is 56.5. The van der Waals surface area contributed by atoms with E-state index in [0.29, 0.717) is 0 Å². The average molecular weight is 1040 g/mol. The van der Waals surface area contributed by atoms with E-state index in [1.165, 1.54) is 50.5 Å². The van der Waals surface area contributed by atoms with Crippen molar-refractivity contribution >= 4 is 35.4 Å². The number of anilines is 3. The Hall–Kier alpha value is -5.04. The van der Waals surface area contributed by atoms with E-state index in [0.717, 1.165) is 58.2 Å². The highest BCUT2D eigenvalue weighted by Gasteiger charge is 2.35. The summed E-state index contributed by atoms with van der Waals surface area (Å²) in [6, 6.07) is 4.15. The highest BCUT2D eigenvalue weighted by molar-refractivity contribution is 5.75. The molecular formula is C39H57Cl3N12O15. The van der Waals surface area contributed by atoms with E-state index >= 15 is 0 Å². The largest absolute Gasteiger partial charge is 1.00 e. The summed E-state index contributed by atoms with van der Waals surface area (Å²) in [5, 5.41) is 5.92. The minimum absolute atomic E-state index is 0. The fraction of sp³-hybridized carbons (Fsp3) is 0.615. The Morgan fingerprint density at radius 2 is 0.797 bits per heavy atom. The summed E-state index contributed by atoms with van der Waals surface area (Å²) < 4.78 is 52.3. The van der Waals surface area contributed by atoms with E-state index in [9.17, 15) is 28.8 Å². The predicted octanol–water partition coefficient (Wildman–Crippen LogP) is -15.1. The molecule has 0 aromatic carbocycles. The maximum atomic E-state index is 11.8. The number of hydrogen-bond donors (Lipinski definition) is 6. The molecule has 3 aromatic rings. The lowest BCUT2D eigenvalue weighted by molar-refractivity contribution is -0.659. The Kier molecular flexibility index (Phi) is 22.4. The van der Waals surface area contributed by atoms with Crippen LogP contribution in [0.2, 0.25) is 0 Å². The number of ether oxygens (including phenoxy) is 9. The normalized spacial score (nSPS) is 26.7. The van der Waals surface area contributed by atoms with Gasteiger partial charge in [-0.2, -0.15) is 15.0 Å². The van der Waals surface area contributed by atoms with Crippen LogP contribution in [0.15, 0.2) is 51.2 Å². The molecule has 0 saturated carbocycles. The molecule has 9 heterocycles. The summed E-state index contributed by atoms with van der Waals surface area (Å²) >= 11 is 0. The molecule has 3 aromatic heterocycles. The predicted molar refractivity (Wildman–Crippen MR) is 221 cm³/mol. The highest BCUT2D eigenvalue weighted by atomic mass is 35.5. The number of esters is 3. The van der Waals surface area contributed by atoms with Gasteiger partial charge in [0.1, 0.15) is 37.3 Å². The monoisotopic (exact) mass is 1040 g/mol. The van der Waals surface area contributed by atoms with Crippen LogP contribution >= 0.6 is 0 Å². The van der Waals surface area contributed by atoms with Gasteiger partial charge >= 0.3 is 35.0 Å². The minimum atomic E-state index is -0.681. The molecular weight excluding hydrogens is 983 g/mol. The van der Waals surface area contributed by atoms with Gasteiger partial charge in [-0.15, -0.1) is 0 Å². The molecule has 27 nitrogen and oxygen atoms in total. The van der Waals surface area contributed by atoms with Gasteiger partial charge < -0.3 is 113 Å². The second kappa shape index (κ2) is 27.4. The Labute approximate surface area is 411 Å². The van der Waals surface area contributed by atoms with E-state index in [2.05, 4.69) is 15.0 Å². The van der Waals surface area contributed by atoms with Gasteiger partial charge in [-0.3, -0.25) is 13.7 Å². The van der Waals surface area contributed by atoms with Crippen molar-refractivity contribution in [2.45, 2.75) is 94.2 Å². The molecule has 12 N–H and O–H groups in total. The zero-order valence-electron chi connectivity index (χ0n) is 37.2. The zero-order chi connectivity index (χ0) is 46.6. The van der Waals surface area contributed by atoms with Gasteiger partial charge in [-0.25, -0.2) is 28.8 Å². The van der Waals surface area contributed by atoms with Gasteiger partial charge in [0.05, 0.1) is 39.5 Å². The number of nitrogens with zero attached hydrogens (tertiary/aromatic N) is 6. The van der Waals surface area contributed by atoms with Gasteiger partial charge in [0, 0.05) is 57.1 Å². The SMILES string of the molecule is Nc1ccn(C2COC(COC(=O)C3CCC[NH2+]3)O2)c(=O)n1.Nc1ccn([C@@H]2CO[C@H](COC(=O)C3CCC[NH2+]3)O2)c(=O)n1.Nc1ccn([C@H]2CO[C@@H](COC(=O)C3CCC[NH2+]3)O2)c(=O)n1.[Cl-].[Cl-].[Cl-]. The number of carbonyl (C=O) groups excluding carboxylic acids is 3. The third kappa shape index (κ3) is 16.0. The van der Waals surface area contributed by atoms with Crippen molar-refractivity contribution in [3.05, 3.63) is 68.2 Å². The molecule has 0 bridgehead atoms. The van der Waals surface area contributed by atoms with Crippen molar-refractivity contribution in [1.82, 2.24) is 28.7 Å². The second-order valence-electron chi connectivity index (χ2n) is 15.9. The fourth-order valence-electron chi connectivity index (χ4n) is 7.70. The number of nitrogens with two attached hydrogens (primary N) is 6. The van der Waals surface area contributed by atoms with Crippen molar-refractivity contribution in [3.63, 3.8) is 0 Å². The van der Waals surface area contributed by atoms with E-state index in [-0.39, 0.29) is 130 Å².